The second-order valence-electron chi connectivity index (χ2n) is 12.3. The van der Waals surface area contributed by atoms with Crippen molar-refractivity contribution in [3.8, 4) is 17.3 Å². The molecule has 6 rings (SSSR count). The number of thioether (sulfide) groups is 1. The Kier molecular flexibility index (Phi) is 10.8. The summed E-state index contributed by atoms with van der Waals surface area (Å²) in [5.41, 5.74) is 2.64. The van der Waals surface area contributed by atoms with Crippen molar-refractivity contribution in [2.24, 2.45) is 0 Å². The standard InChI is InChI=1S/C32H42F3N7O3S/c33-32(34,35)27-5-4-22(17-29(27)46-16-15-40-12-1-3-23(43)19-40)30-26-18-36-11-6-28(26)42(39-30)21-24(44)20-41-13-7-25(8-14-41)45-31-37-9-2-10-38-31/h2,4-5,9-10,17,23-25,36,43-44H,1,3,6-8,11-16,18-21H2. The van der Waals surface area contributed by atoms with Gasteiger partial charge in [-0.15, -0.1) is 11.8 Å². The number of ether oxygens (including phenoxy) is 1. The molecule has 2 aromatic heterocycles. The summed E-state index contributed by atoms with van der Waals surface area (Å²) in [7, 11) is 0. The first-order valence-electron chi connectivity index (χ1n) is 16.1. The number of nitrogens with one attached hydrogen (secondary N) is 1. The van der Waals surface area contributed by atoms with E-state index in [-0.39, 0.29) is 17.1 Å². The Balaban J connectivity index is 1.12. The van der Waals surface area contributed by atoms with Crippen molar-refractivity contribution in [1.29, 1.82) is 0 Å². The maximum absolute atomic E-state index is 14.0. The zero-order valence-electron chi connectivity index (χ0n) is 25.8. The van der Waals surface area contributed by atoms with Crippen molar-refractivity contribution >= 4 is 11.8 Å². The van der Waals surface area contributed by atoms with Gasteiger partial charge in [0.1, 0.15) is 6.10 Å². The number of piperidine rings is 2. The molecule has 250 valence electrons. The third kappa shape index (κ3) is 8.39. The summed E-state index contributed by atoms with van der Waals surface area (Å²) in [5.74, 6) is 0.489. The number of rotatable bonds is 11. The van der Waals surface area contributed by atoms with Crippen LogP contribution in [0.5, 0.6) is 6.01 Å². The van der Waals surface area contributed by atoms with Crippen molar-refractivity contribution in [2.45, 2.75) is 74.6 Å². The Morgan fingerprint density at radius 1 is 1.07 bits per heavy atom. The molecule has 2 unspecified atom stereocenters. The van der Waals surface area contributed by atoms with Crippen LogP contribution in [0.15, 0.2) is 41.6 Å². The molecule has 0 saturated carbocycles. The lowest BCUT2D eigenvalue weighted by Gasteiger charge is -2.32. The SMILES string of the molecule is OC1CCCN(CCSc2cc(-c3nn(CC(O)CN4CCC(Oc5ncccn5)CC4)c4c3CNCC4)ccc2C(F)(F)F)C1. The van der Waals surface area contributed by atoms with Crippen molar-refractivity contribution in [2.75, 3.05) is 51.6 Å². The number of hydrogen-bond acceptors (Lipinski definition) is 10. The van der Waals surface area contributed by atoms with Crippen LogP contribution in [0.2, 0.25) is 0 Å². The molecule has 5 heterocycles. The summed E-state index contributed by atoms with van der Waals surface area (Å²) in [6.07, 6.45) is 1.86. The molecule has 2 fully saturated rings. The van der Waals surface area contributed by atoms with E-state index in [9.17, 15) is 23.4 Å². The summed E-state index contributed by atoms with van der Waals surface area (Å²) >= 11 is 1.20. The van der Waals surface area contributed by atoms with Gasteiger partial charge in [0, 0.05) is 92.1 Å². The van der Waals surface area contributed by atoms with Gasteiger partial charge in [0.2, 0.25) is 0 Å². The van der Waals surface area contributed by atoms with Gasteiger partial charge in [-0.1, -0.05) is 6.07 Å². The smallest absolute Gasteiger partial charge is 0.417 e. The van der Waals surface area contributed by atoms with Crippen LogP contribution >= 0.6 is 11.8 Å². The first-order chi connectivity index (χ1) is 22.2. The Hall–Kier alpha value is -2.75. The number of hydrogen-bond donors (Lipinski definition) is 3. The molecule has 3 aromatic rings. The van der Waals surface area contributed by atoms with E-state index in [0.29, 0.717) is 55.7 Å². The molecule has 0 radical (unpaired) electrons. The van der Waals surface area contributed by atoms with E-state index in [1.54, 1.807) is 24.5 Å². The Bertz CT molecular complexity index is 1440. The highest BCUT2D eigenvalue weighted by Gasteiger charge is 2.34. The van der Waals surface area contributed by atoms with Crippen LogP contribution in [0, 0.1) is 0 Å². The average molecular weight is 662 g/mol. The Labute approximate surface area is 271 Å². The summed E-state index contributed by atoms with van der Waals surface area (Å²) < 4.78 is 49.8. The van der Waals surface area contributed by atoms with Gasteiger partial charge in [0.05, 0.1) is 30.0 Å². The maximum Gasteiger partial charge on any atom is 0.417 e. The lowest BCUT2D eigenvalue weighted by molar-refractivity contribution is -0.139. The number of aromatic nitrogens is 4. The molecule has 2 saturated heterocycles. The van der Waals surface area contributed by atoms with Gasteiger partial charge in [-0.3, -0.25) is 9.58 Å². The summed E-state index contributed by atoms with van der Waals surface area (Å²) in [6.45, 7) is 5.73. The fourth-order valence-electron chi connectivity index (χ4n) is 6.61. The molecule has 46 heavy (non-hydrogen) atoms. The molecule has 0 aliphatic carbocycles. The first kappa shape index (κ1) is 33.2. The van der Waals surface area contributed by atoms with Crippen LogP contribution in [0.4, 0.5) is 13.2 Å². The molecule has 10 nitrogen and oxygen atoms in total. The van der Waals surface area contributed by atoms with Crippen LogP contribution in [-0.2, 0) is 25.7 Å². The van der Waals surface area contributed by atoms with Gasteiger partial charge in [-0.25, -0.2) is 9.97 Å². The summed E-state index contributed by atoms with van der Waals surface area (Å²) in [5, 5.41) is 29.3. The van der Waals surface area contributed by atoms with Crippen LogP contribution in [-0.4, -0.2) is 110 Å². The van der Waals surface area contributed by atoms with Crippen molar-refractivity contribution in [1.82, 2.24) is 34.9 Å². The number of aliphatic hydroxyl groups is 2. The van der Waals surface area contributed by atoms with E-state index >= 15 is 0 Å². The summed E-state index contributed by atoms with van der Waals surface area (Å²) in [6, 6.07) is 6.42. The van der Waals surface area contributed by atoms with Crippen molar-refractivity contribution in [3.63, 3.8) is 0 Å². The number of likely N-dealkylation sites (tertiary alicyclic amines) is 2. The van der Waals surface area contributed by atoms with E-state index in [4.69, 9.17) is 9.84 Å². The second kappa shape index (κ2) is 15.0. The normalized spacial score (nSPS) is 20.8. The van der Waals surface area contributed by atoms with E-state index < -0.39 is 17.8 Å². The number of aliphatic hydroxyl groups excluding tert-OH is 2. The van der Waals surface area contributed by atoms with Crippen molar-refractivity contribution < 1.29 is 28.1 Å². The average Bonchev–Trinajstić information content (AvgIpc) is 3.40. The zero-order valence-corrected chi connectivity index (χ0v) is 26.6. The number of alkyl halides is 3. The molecule has 0 spiro atoms. The number of β-amino-alcohol motifs (C(OH)–C–C–N with tert-alkyl or cyclic N) is 2. The number of halogens is 3. The Morgan fingerprint density at radius 2 is 1.87 bits per heavy atom. The quantitative estimate of drug-likeness (QED) is 0.264. The highest BCUT2D eigenvalue weighted by atomic mass is 32.2. The zero-order chi connectivity index (χ0) is 32.1. The Morgan fingerprint density at radius 3 is 2.63 bits per heavy atom. The number of nitrogens with zero attached hydrogens (tertiary/aromatic N) is 6. The molecule has 0 amide bonds. The van der Waals surface area contributed by atoms with Crippen LogP contribution in [0.25, 0.3) is 11.3 Å². The minimum atomic E-state index is -4.47. The highest BCUT2D eigenvalue weighted by molar-refractivity contribution is 7.99. The van der Waals surface area contributed by atoms with Gasteiger partial charge >= 0.3 is 12.2 Å². The number of fused-ring (bicyclic) bond motifs is 1. The van der Waals surface area contributed by atoms with Crippen LogP contribution in [0.1, 0.15) is 42.5 Å². The van der Waals surface area contributed by atoms with Gasteiger partial charge < -0.3 is 25.2 Å². The van der Waals surface area contributed by atoms with E-state index in [1.807, 2.05) is 4.68 Å². The lowest BCUT2D eigenvalue weighted by Crippen LogP contribution is -2.43. The fourth-order valence-corrected chi connectivity index (χ4v) is 7.72. The molecule has 14 heteroatoms. The minimum absolute atomic E-state index is 0.0356. The molecule has 3 aliphatic rings. The molecule has 1 aromatic carbocycles. The number of benzene rings is 1. The highest BCUT2D eigenvalue weighted by Crippen LogP contribution is 2.40. The largest absolute Gasteiger partial charge is 0.460 e. The molecule has 3 aliphatic heterocycles. The third-order valence-corrected chi connectivity index (χ3v) is 9.95. The second-order valence-corrected chi connectivity index (χ2v) is 13.5. The summed E-state index contributed by atoms with van der Waals surface area (Å²) in [4.78, 5) is 12.8. The predicted molar refractivity (Wildman–Crippen MR) is 169 cm³/mol. The molecular formula is C32H42F3N7O3S. The topological polar surface area (TPSA) is 112 Å². The fraction of sp³-hybridized carbons (Fsp3) is 0.594. The molecule has 3 N–H and O–H groups in total. The molecular weight excluding hydrogens is 619 g/mol. The van der Waals surface area contributed by atoms with Gasteiger partial charge in [0.15, 0.2) is 0 Å². The minimum Gasteiger partial charge on any atom is -0.460 e. The van der Waals surface area contributed by atoms with Crippen LogP contribution < -0.4 is 10.1 Å². The molecule has 0 bridgehead atoms. The van der Waals surface area contributed by atoms with Crippen LogP contribution in [0.3, 0.4) is 0 Å². The monoisotopic (exact) mass is 661 g/mol. The first-order valence-corrected chi connectivity index (χ1v) is 17.1. The maximum atomic E-state index is 14.0. The molecule has 2 atom stereocenters. The van der Waals surface area contributed by atoms with Crippen molar-refractivity contribution in [3.05, 3.63) is 53.5 Å². The van der Waals surface area contributed by atoms with Gasteiger partial charge in [0.25, 0.3) is 0 Å². The predicted octanol–water partition coefficient (Wildman–Crippen LogP) is 3.46. The van der Waals surface area contributed by atoms with Gasteiger partial charge in [-0.2, -0.15) is 18.3 Å². The van der Waals surface area contributed by atoms with E-state index in [1.165, 1.54) is 17.8 Å². The van der Waals surface area contributed by atoms with Gasteiger partial charge in [-0.05, 0) is 50.4 Å². The van der Waals surface area contributed by atoms with E-state index in [0.717, 1.165) is 75.6 Å². The third-order valence-electron chi connectivity index (χ3n) is 8.91. The van der Waals surface area contributed by atoms with E-state index in [2.05, 4.69) is 25.1 Å². The lowest BCUT2D eigenvalue weighted by atomic mass is 10.0.